The van der Waals surface area contributed by atoms with Crippen molar-refractivity contribution < 1.29 is 0 Å². The van der Waals surface area contributed by atoms with E-state index in [2.05, 4.69) is 271 Å². The number of hydrogen-bond acceptors (Lipinski definition) is 1. The average Bonchev–Trinajstić information content (AvgIpc) is 3.93. The highest BCUT2D eigenvalue weighted by atomic mass is 15.0. The Hall–Kier alpha value is -8.98. The highest BCUT2D eigenvalue weighted by Gasteiger charge is 2.46. The molecule has 0 radical (unpaired) electrons. The molecule has 2 heteroatoms. The molecule has 2 heterocycles. The van der Waals surface area contributed by atoms with Crippen molar-refractivity contribution in [2.45, 2.75) is 12.0 Å². The quantitative estimate of drug-likeness (QED) is 0.158. The van der Waals surface area contributed by atoms with E-state index < -0.39 is 5.41 Å². The van der Waals surface area contributed by atoms with E-state index in [1.807, 2.05) is 0 Å². The molecule has 14 rings (SSSR count). The van der Waals surface area contributed by atoms with Crippen molar-refractivity contribution >= 4 is 38.5 Å². The first-order valence-electron chi connectivity index (χ1n) is 24.4. The zero-order valence-corrected chi connectivity index (χ0v) is 38.5. The van der Waals surface area contributed by atoms with Gasteiger partial charge >= 0.3 is 0 Å². The van der Waals surface area contributed by atoms with Crippen LogP contribution >= 0.6 is 0 Å². The van der Waals surface area contributed by atoms with Gasteiger partial charge in [0.15, 0.2) is 0 Å². The predicted octanol–water partition coefficient (Wildman–Crippen LogP) is 17.0. The van der Waals surface area contributed by atoms with Crippen LogP contribution in [0.15, 0.2) is 255 Å². The van der Waals surface area contributed by atoms with Crippen LogP contribution in [0.4, 0.5) is 0 Å². The van der Waals surface area contributed by atoms with E-state index in [-0.39, 0.29) is 0 Å². The molecule has 0 spiro atoms. The van der Waals surface area contributed by atoms with Gasteiger partial charge in [-0.3, -0.25) is 0 Å². The van der Waals surface area contributed by atoms with Crippen molar-refractivity contribution in [3.05, 3.63) is 288 Å². The lowest BCUT2D eigenvalue weighted by Gasteiger charge is -2.34. The lowest BCUT2D eigenvalue weighted by molar-refractivity contribution is 0.769. The molecule has 1 N–H and O–H groups in total. The number of fused-ring (bicyclic) bond motifs is 8. The van der Waals surface area contributed by atoms with Crippen molar-refractivity contribution in [3.63, 3.8) is 0 Å². The van der Waals surface area contributed by atoms with Crippen molar-refractivity contribution in [2.75, 3.05) is 0 Å². The number of benzene rings is 11. The molecule has 2 nitrogen and oxygen atoms in total. The average molecular weight is 891 g/mol. The first kappa shape index (κ1) is 40.1. The molecule has 0 saturated heterocycles. The normalized spacial score (nSPS) is 13.3. The van der Waals surface area contributed by atoms with Gasteiger partial charge in [-0.15, -0.1) is 0 Å². The van der Waals surface area contributed by atoms with E-state index in [1.165, 1.54) is 127 Å². The van der Waals surface area contributed by atoms with E-state index in [0.717, 1.165) is 6.54 Å². The van der Waals surface area contributed by atoms with Gasteiger partial charge in [-0.2, -0.15) is 0 Å². The molecule has 0 saturated carbocycles. The third kappa shape index (κ3) is 6.06. The van der Waals surface area contributed by atoms with Crippen LogP contribution in [0.5, 0.6) is 0 Å². The van der Waals surface area contributed by atoms with Gasteiger partial charge in [0.2, 0.25) is 0 Å². The minimum Gasteiger partial charge on any atom is -0.387 e. The summed E-state index contributed by atoms with van der Waals surface area (Å²) in [5.41, 5.74) is 21.8. The zero-order valence-electron chi connectivity index (χ0n) is 38.5. The number of nitrogens with one attached hydrogen (secondary N) is 1. The second-order valence-corrected chi connectivity index (χ2v) is 18.8. The Morgan fingerprint density at radius 1 is 0.357 bits per heavy atom. The molecule has 0 unspecified atom stereocenters. The summed E-state index contributed by atoms with van der Waals surface area (Å²) in [5.74, 6) is 0. The Labute approximate surface area is 408 Å². The summed E-state index contributed by atoms with van der Waals surface area (Å²) in [4.78, 5) is 0. The molecule has 0 bridgehead atoms. The molecule has 0 atom stereocenters. The van der Waals surface area contributed by atoms with Gasteiger partial charge < -0.3 is 9.88 Å². The maximum absolute atomic E-state index is 3.51. The SMILES string of the molecule is C1=Cc2c(c3cc(-c4ccc5c(c4)C(c4ccccc4)(c4ccccc4)c4cc(-c6ccc7c(-c8ccccc8)c8ccccc8c(-c8ccccc8)c7c6)ccc4-5)ccc3n2-c2ccccc2)CN1. The van der Waals surface area contributed by atoms with Crippen molar-refractivity contribution in [2.24, 2.45) is 0 Å². The third-order valence-electron chi connectivity index (χ3n) is 15.1. The van der Waals surface area contributed by atoms with Crippen LogP contribution < -0.4 is 5.32 Å². The number of rotatable bonds is 7. The van der Waals surface area contributed by atoms with Gasteiger partial charge in [0.1, 0.15) is 0 Å². The Morgan fingerprint density at radius 3 is 1.37 bits per heavy atom. The van der Waals surface area contributed by atoms with E-state index in [1.54, 1.807) is 0 Å². The van der Waals surface area contributed by atoms with Crippen LogP contribution in [0.2, 0.25) is 0 Å². The third-order valence-corrected chi connectivity index (χ3v) is 15.1. The summed E-state index contributed by atoms with van der Waals surface area (Å²) in [7, 11) is 0. The summed E-state index contributed by atoms with van der Waals surface area (Å²) in [6.07, 6.45) is 4.29. The number of para-hydroxylation sites is 1. The van der Waals surface area contributed by atoms with Crippen molar-refractivity contribution in [3.8, 4) is 61.3 Å². The second-order valence-electron chi connectivity index (χ2n) is 18.8. The van der Waals surface area contributed by atoms with Crippen molar-refractivity contribution in [1.29, 1.82) is 0 Å². The first-order chi connectivity index (χ1) is 34.7. The predicted molar refractivity (Wildman–Crippen MR) is 293 cm³/mol. The molecular weight excluding hydrogens is 845 g/mol. The van der Waals surface area contributed by atoms with Crippen LogP contribution in [0, 0.1) is 0 Å². The molecular formula is C68H46N2. The number of nitrogens with zero attached hydrogens (tertiary/aromatic N) is 1. The fourth-order valence-corrected chi connectivity index (χ4v) is 12.1. The minimum absolute atomic E-state index is 0.587. The second kappa shape index (κ2) is 16.1. The van der Waals surface area contributed by atoms with Crippen LogP contribution in [0.3, 0.4) is 0 Å². The van der Waals surface area contributed by atoms with Crippen LogP contribution in [0.25, 0.3) is 99.8 Å². The van der Waals surface area contributed by atoms with Gasteiger partial charge in [0.25, 0.3) is 0 Å². The van der Waals surface area contributed by atoms with Crippen molar-refractivity contribution in [1.82, 2.24) is 9.88 Å². The van der Waals surface area contributed by atoms with Gasteiger partial charge in [0, 0.05) is 23.2 Å². The van der Waals surface area contributed by atoms with Crippen LogP contribution in [-0.2, 0) is 12.0 Å². The molecule has 1 aromatic heterocycles. The lowest BCUT2D eigenvalue weighted by Crippen LogP contribution is -2.28. The summed E-state index contributed by atoms with van der Waals surface area (Å²) >= 11 is 0. The van der Waals surface area contributed by atoms with E-state index in [0.29, 0.717) is 0 Å². The van der Waals surface area contributed by atoms with E-state index >= 15 is 0 Å². The topological polar surface area (TPSA) is 17.0 Å². The first-order valence-corrected chi connectivity index (χ1v) is 24.4. The Bertz CT molecular complexity index is 3980. The lowest BCUT2D eigenvalue weighted by atomic mass is 9.67. The molecule has 328 valence electrons. The Morgan fingerprint density at radius 2 is 0.800 bits per heavy atom. The molecule has 2 aliphatic rings. The number of hydrogen-bond donors (Lipinski definition) is 1. The Balaban J connectivity index is 0.988. The summed E-state index contributed by atoms with van der Waals surface area (Å²) in [5, 5.41) is 9.79. The largest absolute Gasteiger partial charge is 0.387 e. The van der Waals surface area contributed by atoms with Crippen LogP contribution in [0.1, 0.15) is 33.5 Å². The monoisotopic (exact) mass is 890 g/mol. The van der Waals surface area contributed by atoms with Gasteiger partial charge in [-0.05, 0) is 154 Å². The van der Waals surface area contributed by atoms with Gasteiger partial charge in [-0.1, -0.05) is 206 Å². The molecule has 0 fully saturated rings. The fraction of sp³-hybridized carbons (Fsp3) is 0.0294. The highest BCUT2D eigenvalue weighted by molar-refractivity contribution is 6.22. The zero-order chi connectivity index (χ0) is 46.2. The Kier molecular flexibility index (Phi) is 9.22. The summed E-state index contributed by atoms with van der Waals surface area (Å²) in [6, 6.07) is 92.6. The molecule has 70 heavy (non-hydrogen) atoms. The summed E-state index contributed by atoms with van der Waals surface area (Å²) in [6.45, 7) is 0.786. The molecule has 12 aromatic rings. The molecule has 0 amide bonds. The minimum atomic E-state index is -0.587. The molecule has 11 aromatic carbocycles. The molecule has 1 aliphatic carbocycles. The highest BCUT2D eigenvalue weighted by Crippen LogP contribution is 2.58. The van der Waals surface area contributed by atoms with E-state index in [9.17, 15) is 0 Å². The van der Waals surface area contributed by atoms with Gasteiger partial charge in [0.05, 0.1) is 16.6 Å². The molecule has 1 aliphatic heterocycles. The standard InChI is InChI=1S/C68H46N2/c1-6-18-45(19-7-1)66-56-28-16-17-29-57(56)67(46-20-8-2-9-21-46)60-41-47(32-36-58(60)66)49-30-34-54-55-35-31-50(43-63(55)68(62(54)42-49,51-22-10-3-11-23-51)52-24-12-4-13-25-52)48-33-37-64-59(40-48)61-44-69-39-38-65(61)70(64)53-26-14-5-15-27-53/h1-43,69H,44H2. The maximum atomic E-state index is 3.51. The number of aromatic nitrogens is 1. The fourth-order valence-electron chi connectivity index (χ4n) is 12.1. The maximum Gasteiger partial charge on any atom is 0.0713 e. The summed E-state index contributed by atoms with van der Waals surface area (Å²) < 4.78 is 2.40. The van der Waals surface area contributed by atoms with Gasteiger partial charge in [-0.25, -0.2) is 0 Å². The van der Waals surface area contributed by atoms with Crippen LogP contribution in [-0.4, -0.2) is 4.57 Å². The smallest absolute Gasteiger partial charge is 0.0713 e. The van der Waals surface area contributed by atoms with E-state index in [4.69, 9.17) is 0 Å².